The maximum Gasteiger partial charge on any atom is 0.251 e. The highest BCUT2D eigenvalue weighted by molar-refractivity contribution is 6.31. The number of likely N-dealkylation sites (tertiary alicyclic amines) is 1. The summed E-state index contributed by atoms with van der Waals surface area (Å²) in [6, 6.07) is 15.7. The van der Waals surface area contributed by atoms with Crippen LogP contribution in [0.2, 0.25) is 5.02 Å². The molecule has 4 heteroatoms. The quantitative estimate of drug-likeness (QED) is 0.882. The molecule has 126 valence electrons. The molecule has 1 heterocycles. The minimum Gasteiger partial charge on any atom is -0.350 e. The van der Waals surface area contributed by atoms with Crippen LogP contribution in [0, 0.1) is 6.92 Å². The minimum absolute atomic E-state index is 0.0359. The molecule has 1 N–H and O–H groups in total. The van der Waals surface area contributed by atoms with Crippen LogP contribution in [-0.2, 0) is 0 Å². The summed E-state index contributed by atoms with van der Waals surface area (Å²) in [7, 11) is 0. The molecule has 3 nitrogen and oxygen atoms in total. The standard InChI is InChI=1S/C20H23ClN2O/c1-15-8-10-16(11-9-15)20(24)22-14-19(23-12-4-5-13-23)17-6-2-3-7-18(17)21/h2-3,6-11,19H,4-5,12-14H2,1H3,(H,22,24)/t19-/m0/s1. The Bertz CT molecular complexity index is 693. The summed E-state index contributed by atoms with van der Waals surface area (Å²) in [5, 5.41) is 3.84. The third-order valence-corrected chi connectivity index (χ3v) is 4.96. The van der Waals surface area contributed by atoms with Crippen molar-refractivity contribution in [1.82, 2.24) is 10.2 Å². The highest BCUT2D eigenvalue weighted by Crippen LogP contribution is 2.29. The van der Waals surface area contributed by atoms with E-state index in [1.54, 1.807) is 0 Å². The molecular formula is C20H23ClN2O. The van der Waals surface area contributed by atoms with Gasteiger partial charge in [-0.25, -0.2) is 0 Å². The first-order valence-electron chi connectivity index (χ1n) is 8.48. The van der Waals surface area contributed by atoms with Gasteiger partial charge in [-0.2, -0.15) is 0 Å². The van der Waals surface area contributed by atoms with E-state index in [1.807, 2.05) is 49.4 Å². The molecule has 0 bridgehead atoms. The van der Waals surface area contributed by atoms with Crippen LogP contribution in [0.3, 0.4) is 0 Å². The van der Waals surface area contributed by atoms with E-state index in [4.69, 9.17) is 11.6 Å². The van der Waals surface area contributed by atoms with Crippen molar-refractivity contribution in [2.45, 2.75) is 25.8 Å². The fraction of sp³-hybridized carbons (Fsp3) is 0.350. The molecule has 0 spiro atoms. The second kappa shape index (κ2) is 7.82. The highest BCUT2D eigenvalue weighted by atomic mass is 35.5. The van der Waals surface area contributed by atoms with Gasteiger partial charge in [-0.3, -0.25) is 9.69 Å². The largest absolute Gasteiger partial charge is 0.350 e. The minimum atomic E-state index is -0.0359. The van der Waals surface area contributed by atoms with Gasteiger partial charge in [-0.1, -0.05) is 47.5 Å². The van der Waals surface area contributed by atoms with Crippen molar-refractivity contribution in [3.63, 3.8) is 0 Å². The second-order valence-corrected chi connectivity index (χ2v) is 6.76. The van der Waals surface area contributed by atoms with Crippen molar-refractivity contribution < 1.29 is 4.79 Å². The summed E-state index contributed by atoms with van der Waals surface area (Å²) >= 11 is 6.41. The number of nitrogens with one attached hydrogen (secondary N) is 1. The molecule has 0 saturated carbocycles. The van der Waals surface area contributed by atoms with E-state index < -0.39 is 0 Å². The lowest BCUT2D eigenvalue weighted by Crippen LogP contribution is -2.37. The number of nitrogens with zero attached hydrogens (tertiary/aromatic N) is 1. The van der Waals surface area contributed by atoms with Gasteiger partial charge in [-0.05, 0) is 56.6 Å². The van der Waals surface area contributed by atoms with Gasteiger partial charge < -0.3 is 5.32 Å². The average molecular weight is 343 g/mol. The van der Waals surface area contributed by atoms with Gasteiger partial charge in [0, 0.05) is 17.1 Å². The molecule has 2 aromatic carbocycles. The van der Waals surface area contributed by atoms with Crippen LogP contribution in [0.4, 0.5) is 0 Å². The maximum absolute atomic E-state index is 12.4. The Labute approximate surface area is 148 Å². The molecule has 1 fully saturated rings. The van der Waals surface area contributed by atoms with Crippen LogP contribution in [0.25, 0.3) is 0 Å². The second-order valence-electron chi connectivity index (χ2n) is 6.36. The van der Waals surface area contributed by atoms with Crippen molar-refractivity contribution in [3.8, 4) is 0 Å². The summed E-state index contributed by atoms with van der Waals surface area (Å²) in [5.41, 5.74) is 2.93. The van der Waals surface area contributed by atoms with E-state index >= 15 is 0 Å². The summed E-state index contributed by atoms with van der Waals surface area (Å²) in [4.78, 5) is 14.8. The van der Waals surface area contributed by atoms with Crippen LogP contribution in [-0.4, -0.2) is 30.4 Å². The molecule has 1 amide bonds. The Morgan fingerprint density at radius 2 is 1.79 bits per heavy atom. The maximum atomic E-state index is 12.4. The predicted octanol–water partition coefficient (Wildman–Crippen LogP) is 4.22. The van der Waals surface area contributed by atoms with E-state index in [-0.39, 0.29) is 11.9 Å². The predicted molar refractivity (Wildman–Crippen MR) is 98.5 cm³/mol. The van der Waals surface area contributed by atoms with Crippen LogP contribution in [0.15, 0.2) is 48.5 Å². The van der Waals surface area contributed by atoms with Crippen molar-refractivity contribution in [2.24, 2.45) is 0 Å². The number of carbonyl (C=O) groups is 1. The zero-order valence-electron chi connectivity index (χ0n) is 14.0. The van der Waals surface area contributed by atoms with Crippen molar-refractivity contribution in [1.29, 1.82) is 0 Å². The Morgan fingerprint density at radius 1 is 1.12 bits per heavy atom. The number of aryl methyl sites for hydroxylation is 1. The fourth-order valence-corrected chi connectivity index (χ4v) is 3.49. The molecule has 0 aromatic heterocycles. The molecule has 1 aliphatic rings. The molecular weight excluding hydrogens is 320 g/mol. The summed E-state index contributed by atoms with van der Waals surface area (Å²) in [6.45, 7) is 4.69. The number of amides is 1. The smallest absolute Gasteiger partial charge is 0.251 e. The van der Waals surface area contributed by atoms with Gasteiger partial charge >= 0.3 is 0 Å². The first-order valence-corrected chi connectivity index (χ1v) is 8.86. The monoisotopic (exact) mass is 342 g/mol. The molecule has 1 atom stereocenters. The third kappa shape index (κ3) is 3.97. The molecule has 0 unspecified atom stereocenters. The average Bonchev–Trinajstić information content (AvgIpc) is 3.11. The summed E-state index contributed by atoms with van der Waals surface area (Å²) < 4.78 is 0. The van der Waals surface area contributed by atoms with Gasteiger partial charge in [0.2, 0.25) is 0 Å². The van der Waals surface area contributed by atoms with Crippen LogP contribution < -0.4 is 5.32 Å². The molecule has 24 heavy (non-hydrogen) atoms. The molecule has 1 saturated heterocycles. The van der Waals surface area contributed by atoms with Gasteiger partial charge in [0.15, 0.2) is 0 Å². The first-order chi connectivity index (χ1) is 11.6. The van der Waals surface area contributed by atoms with Crippen LogP contribution >= 0.6 is 11.6 Å². The number of hydrogen-bond acceptors (Lipinski definition) is 2. The van der Waals surface area contributed by atoms with Gasteiger partial charge in [0.05, 0.1) is 6.04 Å². The topological polar surface area (TPSA) is 32.3 Å². The van der Waals surface area contributed by atoms with E-state index in [0.717, 1.165) is 29.2 Å². The number of hydrogen-bond donors (Lipinski definition) is 1. The first kappa shape index (κ1) is 17.0. The van der Waals surface area contributed by atoms with Crippen LogP contribution in [0.1, 0.15) is 40.4 Å². The lowest BCUT2D eigenvalue weighted by Gasteiger charge is -2.29. The summed E-state index contributed by atoms with van der Waals surface area (Å²) in [6.07, 6.45) is 2.40. The van der Waals surface area contributed by atoms with Gasteiger partial charge in [0.25, 0.3) is 5.91 Å². The van der Waals surface area contributed by atoms with Gasteiger partial charge in [0.1, 0.15) is 0 Å². The number of rotatable bonds is 5. The number of halogens is 1. The number of carbonyl (C=O) groups excluding carboxylic acids is 1. The van der Waals surface area contributed by atoms with E-state index in [1.165, 1.54) is 12.8 Å². The van der Waals surface area contributed by atoms with E-state index in [2.05, 4.69) is 16.3 Å². The van der Waals surface area contributed by atoms with Crippen LogP contribution in [0.5, 0.6) is 0 Å². The van der Waals surface area contributed by atoms with Gasteiger partial charge in [-0.15, -0.1) is 0 Å². The normalized spacial score (nSPS) is 16.1. The molecule has 0 radical (unpaired) electrons. The zero-order chi connectivity index (χ0) is 16.9. The Hall–Kier alpha value is -1.84. The third-order valence-electron chi connectivity index (χ3n) is 4.62. The molecule has 3 rings (SSSR count). The zero-order valence-corrected chi connectivity index (χ0v) is 14.7. The van der Waals surface area contributed by atoms with E-state index in [9.17, 15) is 4.79 Å². The Balaban J connectivity index is 1.73. The Kier molecular flexibility index (Phi) is 5.54. The lowest BCUT2D eigenvalue weighted by atomic mass is 10.0. The number of benzene rings is 2. The molecule has 1 aliphatic heterocycles. The van der Waals surface area contributed by atoms with Crippen molar-refractivity contribution in [3.05, 3.63) is 70.2 Å². The molecule has 0 aliphatic carbocycles. The fourth-order valence-electron chi connectivity index (χ4n) is 3.23. The molecule has 2 aromatic rings. The SMILES string of the molecule is Cc1ccc(C(=O)NC[C@@H](c2ccccc2Cl)N2CCCC2)cc1. The summed E-state index contributed by atoms with van der Waals surface area (Å²) in [5.74, 6) is -0.0359. The highest BCUT2D eigenvalue weighted by Gasteiger charge is 2.25. The lowest BCUT2D eigenvalue weighted by molar-refractivity contribution is 0.0938. The Morgan fingerprint density at radius 3 is 2.46 bits per heavy atom. The van der Waals surface area contributed by atoms with E-state index in [0.29, 0.717) is 12.1 Å². The van der Waals surface area contributed by atoms with Crippen molar-refractivity contribution in [2.75, 3.05) is 19.6 Å². The van der Waals surface area contributed by atoms with Crippen molar-refractivity contribution >= 4 is 17.5 Å².